The molecule has 1 aromatic heterocycles. The molecule has 2 aliphatic heterocycles. The zero-order valence-corrected chi connectivity index (χ0v) is 12.1. The summed E-state index contributed by atoms with van der Waals surface area (Å²) in [6.45, 7) is 2.22. The van der Waals surface area contributed by atoms with E-state index in [-0.39, 0.29) is 17.2 Å². The molecule has 0 saturated carbocycles. The summed E-state index contributed by atoms with van der Waals surface area (Å²) in [4.78, 5) is 28.4. The zero-order chi connectivity index (χ0) is 14.3. The Balaban J connectivity index is 1.69. The Bertz CT molecular complexity index is 541. The van der Waals surface area contributed by atoms with Gasteiger partial charge in [0.1, 0.15) is 5.69 Å². The molecule has 2 fully saturated rings. The second-order valence-corrected chi connectivity index (χ2v) is 6.05. The van der Waals surface area contributed by atoms with E-state index < -0.39 is 0 Å². The standard InChI is InChI=1S/C15H21N3O2/c1-16-8-3-4-12(16)13(19)18-10-6-15(7-11-18)5-9-17(2)14(15)20/h3-4,8H,5-7,9-11H2,1-2H3. The molecule has 2 aliphatic rings. The van der Waals surface area contributed by atoms with Crippen LogP contribution in [0.4, 0.5) is 0 Å². The van der Waals surface area contributed by atoms with Crippen LogP contribution in [0.3, 0.4) is 0 Å². The van der Waals surface area contributed by atoms with Gasteiger partial charge in [-0.05, 0) is 31.4 Å². The highest BCUT2D eigenvalue weighted by molar-refractivity contribution is 5.93. The Hall–Kier alpha value is -1.78. The molecular weight excluding hydrogens is 254 g/mol. The lowest BCUT2D eigenvalue weighted by molar-refractivity contribution is -0.137. The number of carbonyl (C=O) groups is 2. The first-order valence-electron chi connectivity index (χ1n) is 7.20. The highest BCUT2D eigenvalue weighted by Gasteiger charge is 2.47. The fourth-order valence-electron chi connectivity index (χ4n) is 3.44. The average molecular weight is 275 g/mol. The van der Waals surface area contributed by atoms with E-state index in [1.807, 2.05) is 46.8 Å². The Labute approximate surface area is 119 Å². The second-order valence-electron chi connectivity index (χ2n) is 6.05. The van der Waals surface area contributed by atoms with E-state index in [0.717, 1.165) is 31.5 Å². The van der Waals surface area contributed by atoms with Gasteiger partial charge >= 0.3 is 0 Å². The summed E-state index contributed by atoms with van der Waals surface area (Å²) in [5.74, 6) is 0.342. The van der Waals surface area contributed by atoms with Crippen molar-refractivity contribution in [3.63, 3.8) is 0 Å². The van der Waals surface area contributed by atoms with Crippen molar-refractivity contribution >= 4 is 11.8 Å². The number of hydrogen-bond donors (Lipinski definition) is 0. The lowest BCUT2D eigenvalue weighted by atomic mass is 9.77. The van der Waals surface area contributed by atoms with E-state index in [9.17, 15) is 9.59 Å². The fraction of sp³-hybridized carbons (Fsp3) is 0.600. The van der Waals surface area contributed by atoms with E-state index in [0.29, 0.717) is 13.1 Å². The minimum atomic E-state index is -0.195. The molecule has 20 heavy (non-hydrogen) atoms. The minimum absolute atomic E-state index is 0.0751. The van der Waals surface area contributed by atoms with Crippen molar-refractivity contribution in [1.29, 1.82) is 0 Å². The highest BCUT2D eigenvalue weighted by atomic mass is 16.2. The molecule has 0 N–H and O–H groups in total. The Morgan fingerprint density at radius 2 is 1.80 bits per heavy atom. The largest absolute Gasteiger partial charge is 0.347 e. The summed E-state index contributed by atoms with van der Waals surface area (Å²) in [6, 6.07) is 3.73. The van der Waals surface area contributed by atoms with Gasteiger partial charge in [-0.15, -0.1) is 0 Å². The van der Waals surface area contributed by atoms with Crippen molar-refractivity contribution in [2.45, 2.75) is 19.3 Å². The quantitative estimate of drug-likeness (QED) is 0.770. The maximum Gasteiger partial charge on any atom is 0.270 e. The van der Waals surface area contributed by atoms with Gasteiger partial charge in [0.05, 0.1) is 5.41 Å². The smallest absolute Gasteiger partial charge is 0.270 e. The summed E-state index contributed by atoms with van der Waals surface area (Å²) in [7, 11) is 3.76. The van der Waals surface area contributed by atoms with Crippen LogP contribution in [0, 0.1) is 5.41 Å². The van der Waals surface area contributed by atoms with Gasteiger partial charge < -0.3 is 14.4 Å². The third-order valence-electron chi connectivity index (χ3n) is 4.90. The predicted octanol–water partition coefficient (Wildman–Crippen LogP) is 1.11. The molecule has 2 saturated heterocycles. The van der Waals surface area contributed by atoms with Crippen LogP contribution >= 0.6 is 0 Å². The highest BCUT2D eigenvalue weighted by Crippen LogP contribution is 2.41. The van der Waals surface area contributed by atoms with E-state index in [1.54, 1.807) is 0 Å². The van der Waals surface area contributed by atoms with Crippen molar-refractivity contribution in [3.8, 4) is 0 Å². The first-order chi connectivity index (χ1) is 9.53. The van der Waals surface area contributed by atoms with Crippen LogP contribution in [0.25, 0.3) is 0 Å². The van der Waals surface area contributed by atoms with Gasteiger partial charge in [-0.25, -0.2) is 0 Å². The second kappa shape index (κ2) is 4.65. The molecule has 1 spiro atoms. The summed E-state index contributed by atoms with van der Waals surface area (Å²) < 4.78 is 1.85. The van der Waals surface area contributed by atoms with Crippen molar-refractivity contribution in [2.24, 2.45) is 12.5 Å². The normalized spacial score (nSPS) is 21.8. The molecule has 0 aliphatic carbocycles. The topological polar surface area (TPSA) is 45.5 Å². The third kappa shape index (κ3) is 1.92. The number of carbonyl (C=O) groups excluding carboxylic acids is 2. The Morgan fingerprint density at radius 3 is 2.30 bits per heavy atom. The van der Waals surface area contributed by atoms with Crippen molar-refractivity contribution in [1.82, 2.24) is 14.4 Å². The van der Waals surface area contributed by atoms with Gasteiger partial charge in [0.25, 0.3) is 5.91 Å². The van der Waals surface area contributed by atoms with Gasteiger partial charge in [0, 0.05) is 39.9 Å². The molecule has 108 valence electrons. The molecule has 0 bridgehead atoms. The molecule has 1 aromatic rings. The predicted molar refractivity (Wildman–Crippen MR) is 75.2 cm³/mol. The number of aryl methyl sites for hydroxylation is 1. The van der Waals surface area contributed by atoms with Gasteiger partial charge in [-0.2, -0.15) is 0 Å². The first-order valence-corrected chi connectivity index (χ1v) is 7.20. The molecule has 2 amide bonds. The molecule has 3 heterocycles. The summed E-state index contributed by atoms with van der Waals surface area (Å²) in [5, 5.41) is 0. The molecule has 0 atom stereocenters. The molecule has 3 rings (SSSR count). The van der Waals surface area contributed by atoms with Crippen LogP contribution in [0.1, 0.15) is 29.8 Å². The number of nitrogens with zero attached hydrogens (tertiary/aromatic N) is 3. The summed E-state index contributed by atoms with van der Waals surface area (Å²) in [6.07, 6.45) is 4.42. The van der Waals surface area contributed by atoms with Gasteiger partial charge in [-0.3, -0.25) is 9.59 Å². The van der Waals surface area contributed by atoms with Crippen molar-refractivity contribution in [2.75, 3.05) is 26.7 Å². The minimum Gasteiger partial charge on any atom is -0.347 e. The lowest BCUT2D eigenvalue weighted by Gasteiger charge is -2.37. The Morgan fingerprint density at radius 1 is 1.15 bits per heavy atom. The summed E-state index contributed by atoms with van der Waals surface area (Å²) >= 11 is 0. The number of likely N-dealkylation sites (tertiary alicyclic amines) is 2. The van der Waals surface area contributed by atoms with Gasteiger partial charge in [0.15, 0.2) is 0 Å². The molecule has 0 aromatic carbocycles. The van der Waals surface area contributed by atoms with E-state index >= 15 is 0 Å². The van der Waals surface area contributed by atoms with Crippen LogP contribution in [0.15, 0.2) is 18.3 Å². The fourth-order valence-corrected chi connectivity index (χ4v) is 3.44. The van der Waals surface area contributed by atoms with Crippen molar-refractivity contribution in [3.05, 3.63) is 24.0 Å². The third-order valence-corrected chi connectivity index (χ3v) is 4.90. The van der Waals surface area contributed by atoms with Crippen molar-refractivity contribution < 1.29 is 9.59 Å². The molecular formula is C15H21N3O2. The molecule has 0 radical (unpaired) electrons. The van der Waals surface area contributed by atoms with Gasteiger partial charge in [0.2, 0.25) is 5.91 Å². The maximum absolute atomic E-state index is 12.4. The van der Waals surface area contributed by atoms with Crippen LogP contribution in [-0.4, -0.2) is 52.9 Å². The number of piperidine rings is 1. The van der Waals surface area contributed by atoms with E-state index in [1.165, 1.54) is 0 Å². The SMILES string of the molecule is CN1CCC2(CCN(C(=O)c3cccn3C)CC2)C1=O. The number of hydrogen-bond acceptors (Lipinski definition) is 2. The number of aromatic nitrogens is 1. The molecule has 5 heteroatoms. The molecule has 0 unspecified atom stereocenters. The maximum atomic E-state index is 12.4. The average Bonchev–Trinajstić information content (AvgIpc) is 2.99. The summed E-state index contributed by atoms with van der Waals surface area (Å²) in [5.41, 5.74) is 0.524. The number of amides is 2. The van der Waals surface area contributed by atoms with Crippen LogP contribution in [-0.2, 0) is 11.8 Å². The lowest BCUT2D eigenvalue weighted by Crippen LogP contribution is -2.46. The Kier molecular flexibility index (Phi) is 3.07. The zero-order valence-electron chi connectivity index (χ0n) is 12.1. The number of rotatable bonds is 1. The monoisotopic (exact) mass is 275 g/mol. The van der Waals surface area contributed by atoms with Crippen LogP contribution in [0.5, 0.6) is 0 Å². The van der Waals surface area contributed by atoms with Gasteiger partial charge in [-0.1, -0.05) is 0 Å². The first kappa shape index (κ1) is 13.2. The van der Waals surface area contributed by atoms with Crippen LogP contribution < -0.4 is 0 Å². The van der Waals surface area contributed by atoms with E-state index in [2.05, 4.69) is 0 Å². The van der Waals surface area contributed by atoms with Crippen LogP contribution in [0.2, 0.25) is 0 Å². The molecule has 5 nitrogen and oxygen atoms in total. The van der Waals surface area contributed by atoms with E-state index in [4.69, 9.17) is 0 Å².